The lowest BCUT2D eigenvalue weighted by Gasteiger charge is -2.17. The normalized spacial score (nSPS) is 13.8. The third kappa shape index (κ3) is 5.67. The number of anilines is 2. The molecule has 0 radical (unpaired) electrons. The number of ether oxygens (including phenoxy) is 1. The molecule has 1 aliphatic heterocycles. The molecule has 0 aliphatic carbocycles. The van der Waals surface area contributed by atoms with Crippen molar-refractivity contribution in [2.45, 2.75) is 25.9 Å². The fraction of sp³-hybridized carbons (Fsp3) is 0.148. The van der Waals surface area contributed by atoms with Gasteiger partial charge >= 0.3 is 12.1 Å². The minimum atomic E-state index is -4.65. The van der Waals surface area contributed by atoms with Crippen molar-refractivity contribution in [3.05, 3.63) is 100 Å². The van der Waals surface area contributed by atoms with Crippen molar-refractivity contribution in [1.82, 2.24) is 0 Å². The minimum absolute atomic E-state index is 0.239. The Labute approximate surface area is 215 Å². The Hall–Kier alpha value is -4.11. The van der Waals surface area contributed by atoms with Crippen LogP contribution in [0.1, 0.15) is 34.8 Å². The molecule has 0 saturated heterocycles. The summed E-state index contributed by atoms with van der Waals surface area (Å²) in [5.74, 6) is -2.06. The summed E-state index contributed by atoms with van der Waals surface area (Å²) in [6.45, 7) is 2.07. The SMILES string of the molecule is CCCc1ccc(OC(=O)c2ccc(NC3=C(Cl)C(=O)N(c4cccc(C(F)(F)F)c4)C3=O)cc2)cc1. The smallest absolute Gasteiger partial charge is 0.416 e. The number of carbonyl (C=O) groups is 3. The lowest BCUT2D eigenvalue weighted by atomic mass is 10.1. The van der Waals surface area contributed by atoms with E-state index in [1.807, 2.05) is 12.1 Å². The van der Waals surface area contributed by atoms with E-state index < -0.39 is 34.6 Å². The van der Waals surface area contributed by atoms with Crippen LogP contribution in [-0.4, -0.2) is 17.8 Å². The maximum Gasteiger partial charge on any atom is 0.416 e. The Morgan fingerprint density at radius 2 is 1.65 bits per heavy atom. The van der Waals surface area contributed by atoms with Gasteiger partial charge < -0.3 is 10.1 Å². The molecule has 0 aromatic heterocycles. The van der Waals surface area contributed by atoms with Gasteiger partial charge in [0.25, 0.3) is 11.8 Å². The van der Waals surface area contributed by atoms with E-state index in [1.54, 1.807) is 12.1 Å². The Morgan fingerprint density at radius 3 is 2.27 bits per heavy atom. The fourth-order valence-electron chi connectivity index (χ4n) is 3.68. The molecular weight excluding hydrogens is 509 g/mol. The average Bonchev–Trinajstić information content (AvgIpc) is 3.08. The monoisotopic (exact) mass is 528 g/mol. The van der Waals surface area contributed by atoms with Gasteiger partial charge in [0.1, 0.15) is 16.5 Å². The number of amides is 2. The highest BCUT2D eigenvalue weighted by atomic mass is 35.5. The standard InChI is InChI=1S/C27H20ClF3N2O4/c1-2-4-16-7-13-21(14-8-16)37-26(36)17-9-11-19(12-10-17)32-23-22(28)24(34)33(25(23)35)20-6-3-5-18(15-20)27(29,30)31/h3,5-15,32H,2,4H2,1H3. The molecule has 6 nitrogen and oxygen atoms in total. The zero-order chi connectivity index (χ0) is 26.7. The van der Waals surface area contributed by atoms with Gasteiger partial charge in [0, 0.05) is 5.69 Å². The van der Waals surface area contributed by atoms with Crippen LogP contribution in [0.4, 0.5) is 24.5 Å². The lowest BCUT2D eigenvalue weighted by Crippen LogP contribution is -2.32. The van der Waals surface area contributed by atoms with E-state index in [4.69, 9.17) is 16.3 Å². The van der Waals surface area contributed by atoms with Gasteiger partial charge in [-0.15, -0.1) is 0 Å². The molecule has 37 heavy (non-hydrogen) atoms. The van der Waals surface area contributed by atoms with Crippen LogP contribution in [0, 0.1) is 0 Å². The number of esters is 1. The van der Waals surface area contributed by atoms with Gasteiger partial charge in [0.15, 0.2) is 0 Å². The summed E-state index contributed by atoms with van der Waals surface area (Å²) in [6.07, 6.45) is -2.72. The topological polar surface area (TPSA) is 75.7 Å². The quantitative estimate of drug-likeness (QED) is 0.221. The zero-order valence-corrected chi connectivity index (χ0v) is 20.2. The first kappa shape index (κ1) is 26.0. The summed E-state index contributed by atoms with van der Waals surface area (Å²) in [6, 6.07) is 16.9. The number of benzene rings is 3. The van der Waals surface area contributed by atoms with Gasteiger partial charge in [0.05, 0.1) is 16.8 Å². The van der Waals surface area contributed by atoms with Crippen molar-refractivity contribution in [2.24, 2.45) is 0 Å². The minimum Gasteiger partial charge on any atom is -0.423 e. The average molecular weight is 529 g/mol. The highest BCUT2D eigenvalue weighted by molar-refractivity contribution is 6.53. The predicted molar refractivity (Wildman–Crippen MR) is 132 cm³/mol. The Kier molecular flexibility index (Phi) is 7.35. The van der Waals surface area contributed by atoms with Crippen molar-refractivity contribution < 1.29 is 32.3 Å². The van der Waals surface area contributed by atoms with Gasteiger partial charge in [-0.1, -0.05) is 43.1 Å². The van der Waals surface area contributed by atoms with Crippen LogP contribution < -0.4 is 15.0 Å². The summed E-state index contributed by atoms with van der Waals surface area (Å²) in [5, 5.41) is 2.24. The maximum absolute atomic E-state index is 13.1. The highest BCUT2D eigenvalue weighted by Gasteiger charge is 2.40. The van der Waals surface area contributed by atoms with Crippen LogP contribution in [0.5, 0.6) is 5.75 Å². The molecule has 0 spiro atoms. The van der Waals surface area contributed by atoms with Gasteiger partial charge in [0.2, 0.25) is 0 Å². The summed E-state index contributed by atoms with van der Waals surface area (Å²) in [7, 11) is 0. The largest absolute Gasteiger partial charge is 0.423 e. The third-order valence-corrected chi connectivity index (χ3v) is 5.87. The second-order valence-corrected chi connectivity index (χ2v) is 8.55. The maximum atomic E-state index is 13.1. The second-order valence-electron chi connectivity index (χ2n) is 8.17. The summed E-state index contributed by atoms with van der Waals surface area (Å²) < 4.78 is 44.6. The highest BCUT2D eigenvalue weighted by Crippen LogP contribution is 2.35. The number of hydrogen-bond acceptors (Lipinski definition) is 5. The van der Waals surface area contributed by atoms with E-state index in [1.165, 1.54) is 30.3 Å². The molecular formula is C27H20ClF3N2O4. The molecule has 1 N–H and O–H groups in total. The second kappa shape index (κ2) is 10.5. The number of nitrogens with zero attached hydrogens (tertiary/aromatic N) is 1. The fourth-order valence-corrected chi connectivity index (χ4v) is 3.89. The molecule has 190 valence electrons. The number of alkyl halides is 3. The van der Waals surface area contributed by atoms with Crippen LogP contribution in [-0.2, 0) is 22.2 Å². The van der Waals surface area contributed by atoms with E-state index >= 15 is 0 Å². The molecule has 3 aromatic carbocycles. The van der Waals surface area contributed by atoms with Crippen molar-refractivity contribution in [2.75, 3.05) is 10.2 Å². The summed E-state index contributed by atoms with van der Waals surface area (Å²) in [4.78, 5) is 38.5. The Bertz CT molecular complexity index is 1380. The van der Waals surface area contributed by atoms with Gasteiger partial charge in [-0.2, -0.15) is 13.2 Å². The first-order valence-corrected chi connectivity index (χ1v) is 11.6. The number of imide groups is 1. The van der Waals surface area contributed by atoms with Crippen molar-refractivity contribution >= 4 is 40.8 Å². The van der Waals surface area contributed by atoms with Crippen molar-refractivity contribution in [1.29, 1.82) is 0 Å². The zero-order valence-electron chi connectivity index (χ0n) is 19.4. The molecule has 2 amide bonds. The first-order chi connectivity index (χ1) is 17.6. The number of halogens is 4. The predicted octanol–water partition coefficient (Wildman–Crippen LogP) is 6.31. The lowest BCUT2D eigenvalue weighted by molar-refractivity contribution is -0.137. The van der Waals surface area contributed by atoms with Crippen LogP contribution in [0.25, 0.3) is 0 Å². The number of hydrogen-bond donors (Lipinski definition) is 1. The molecule has 10 heteroatoms. The Balaban J connectivity index is 1.46. The van der Waals surface area contributed by atoms with Crippen molar-refractivity contribution in [3.8, 4) is 5.75 Å². The molecule has 3 aromatic rings. The van der Waals surface area contributed by atoms with Gasteiger partial charge in [-0.25, -0.2) is 9.69 Å². The van der Waals surface area contributed by atoms with Crippen molar-refractivity contribution in [3.63, 3.8) is 0 Å². The van der Waals surface area contributed by atoms with E-state index in [9.17, 15) is 27.6 Å². The number of rotatable bonds is 7. The molecule has 0 saturated carbocycles. The van der Waals surface area contributed by atoms with E-state index in [2.05, 4.69) is 12.2 Å². The first-order valence-electron chi connectivity index (χ1n) is 11.2. The van der Waals surface area contributed by atoms with Crippen LogP contribution in [0.3, 0.4) is 0 Å². The number of carbonyl (C=O) groups excluding carboxylic acids is 3. The number of nitrogens with one attached hydrogen (secondary N) is 1. The summed E-state index contributed by atoms with van der Waals surface area (Å²) in [5.41, 5.74) is 0.121. The molecule has 0 fully saturated rings. The summed E-state index contributed by atoms with van der Waals surface area (Å²) >= 11 is 6.06. The van der Waals surface area contributed by atoms with Crippen LogP contribution in [0.2, 0.25) is 0 Å². The molecule has 0 atom stereocenters. The molecule has 1 heterocycles. The number of aryl methyl sites for hydroxylation is 1. The Morgan fingerprint density at radius 1 is 0.973 bits per heavy atom. The van der Waals surface area contributed by atoms with Crippen LogP contribution >= 0.6 is 11.6 Å². The molecule has 1 aliphatic rings. The molecule has 0 bridgehead atoms. The molecule has 4 rings (SSSR count). The van der Waals surface area contributed by atoms with E-state index in [0.717, 1.165) is 30.5 Å². The van der Waals surface area contributed by atoms with Gasteiger partial charge in [-0.3, -0.25) is 9.59 Å². The molecule has 0 unspecified atom stereocenters. The van der Waals surface area contributed by atoms with E-state index in [-0.39, 0.29) is 16.9 Å². The van der Waals surface area contributed by atoms with Gasteiger partial charge in [-0.05, 0) is 66.6 Å². The third-order valence-electron chi connectivity index (χ3n) is 5.52. The van der Waals surface area contributed by atoms with Crippen LogP contribution in [0.15, 0.2) is 83.5 Å². The van der Waals surface area contributed by atoms with E-state index in [0.29, 0.717) is 22.4 Å².